The van der Waals surface area contributed by atoms with Crippen LogP contribution < -0.4 is 10.5 Å². The first kappa shape index (κ1) is 11.6. The molecule has 0 fully saturated rings. The van der Waals surface area contributed by atoms with E-state index >= 15 is 0 Å². The van der Waals surface area contributed by atoms with Crippen molar-refractivity contribution in [2.75, 3.05) is 12.3 Å². The van der Waals surface area contributed by atoms with Crippen LogP contribution in [0, 0.1) is 0 Å². The molecule has 0 bridgehead atoms. The number of aryl methyl sites for hydroxylation is 1. The third kappa shape index (κ3) is 2.84. The van der Waals surface area contributed by atoms with Crippen LogP contribution in [-0.4, -0.2) is 20.7 Å². The molecule has 0 saturated heterocycles. The average molecular weight is 244 g/mol. The Morgan fingerprint density at radius 1 is 1.56 bits per heavy atom. The van der Waals surface area contributed by atoms with Gasteiger partial charge in [-0.2, -0.15) is 0 Å². The zero-order valence-electron chi connectivity index (χ0n) is 8.98. The number of primary sulfonamides is 1. The molecule has 1 heterocycles. The molecule has 0 aromatic carbocycles. The fourth-order valence-electron chi connectivity index (χ4n) is 2.07. The second-order valence-corrected chi connectivity index (χ2v) is 5.80. The van der Waals surface area contributed by atoms with Gasteiger partial charge < -0.3 is 9.73 Å². The van der Waals surface area contributed by atoms with Gasteiger partial charge in [0.1, 0.15) is 5.76 Å². The van der Waals surface area contributed by atoms with Crippen molar-refractivity contribution in [2.24, 2.45) is 5.14 Å². The molecule has 1 aliphatic carbocycles. The molecule has 2 rings (SSSR count). The topological polar surface area (TPSA) is 85.3 Å². The van der Waals surface area contributed by atoms with Crippen molar-refractivity contribution < 1.29 is 12.8 Å². The Kier molecular flexibility index (Phi) is 3.32. The number of fused-ring (bicyclic) bond motifs is 1. The maximum Gasteiger partial charge on any atom is 0.210 e. The molecule has 1 unspecified atom stereocenters. The van der Waals surface area contributed by atoms with Gasteiger partial charge in [-0.15, -0.1) is 0 Å². The lowest BCUT2D eigenvalue weighted by atomic mass is 9.93. The Morgan fingerprint density at radius 2 is 2.38 bits per heavy atom. The van der Waals surface area contributed by atoms with Crippen LogP contribution in [0.25, 0.3) is 0 Å². The minimum atomic E-state index is -3.37. The lowest BCUT2D eigenvalue weighted by Crippen LogP contribution is -2.31. The molecule has 5 nitrogen and oxygen atoms in total. The molecule has 90 valence electrons. The van der Waals surface area contributed by atoms with Crippen LogP contribution in [0.1, 0.15) is 30.2 Å². The maximum absolute atomic E-state index is 10.8. The molecule has 1 aromatic rings. The molecule has 16 heavy (non-hydrogen) atoms. The summed E-state index contributed by atoms with van der Waals surface area (Å²) in [6, 6.07) is 2.15. The highest BCUT2D eigenvalue weighted by molar-refractivity contribution is 7.89. The highest BCUT2D eigenvalue weighted by atomic mass is 32.2. The Labute approximate surface area is 95.1 Å². The predicted octanol–water partition coefficient (Wildman–Crippen LogP) is 0.535. The van der Waals surface area contributed by atoms with Crippen molar-refractivity contribution in [3.8, 4) is 0 Å². The smallest absolute Gasteiger partial charge is 0.210 e. The molecule has 0 amide bonds. The van der Waals surface area contributed by atoms with E-state index in [4.69, 9.17) is 9.56 Å². The van der Waals surface area contributed by atoms with Crippen molar-refractivity contribution in [2.45, 2.75) is 25.3 Å². The van der Waals surface area contributed by atoms with Crippen LogP contribution >= 0.6 is 0 Å². The number of hydrogen-bond acceptors (Lipinski definition) is 4. The summed E-state index contributed by atoms with van der Waals surface area (Å²) in [6.07, 6.45) is 4.73. The molecule has 0 radical (unpaired) electrons. The summed E-state index contributed by atoms with van der Waals surface area (Å²) in [5, 5.41) is 8.14. The van der Waals surface area contributed by atoms with Crippen molar-refractivity contribution in [1.82, 2.24) is 5.32 Å². The molecule has 3 N–H and O–H groups in total. The predicted molar refractivity (Wildman–Crippen MR) is 60.4 cm³/mol. The first-order chi connectivity index (χ1) is 7.56. The van der Waals surface area contributed by atoms with E-state index in [0.717, 1.165) is 30.6 Å². The van der Waals surface area contributed by atoms with E-state index in [9.17, 15) is 8.42 Å². The first-order valence-electron chi connectivity index (χ1n) is 5.36. The molecule has 1 aliphatic rings. The second kappa shape index (κ2) is 4.57. The minimum absolute atomic E-state index is 0.0311. The van der Waals surface area contributed by atoms with E-state index in [0.29, 0.717) is 6.54 Å². The van der Waals surface area contributed by atoms with Gasteiger partial charge in [-0.25, -0.2) is 13.6 Å². The Hall–Kier alpha value is -0.850. The number of sulfonamides is 1. The van der Waals surface area contributed by atoms with Crippen molar-refractivity contribution in [3.05, 3.63) is 23.7 Å². The van der Waals surface area contributed by atoms with E-state index in [2.05, 4.69) is 5.32 Å². The van der Waals surface area contributed by atoms with Gasteiger partial charge in [0.25, 0.3) is 0 Å². The zero-order valence-corrected chi connectivity index (χ0v) is 9.79. The summed E-state index contributed by atoms with van der Waals surface area (Å²) in [6.45, 7) is 0.383. The summed E-state index contributed by atoms with van der Waals surface area (Å²) < 4.78 is 26.9. The second-order valence-electron chi connectivity index (χ2n) is 4.07. The van der Waals surface area contributed by atoms with Gasteiger partial charge in [0, 0.05) is 24.6 Å². The molecule has 1 atom stereocenters. The van der Waals surface area contributed by atoms with Crippen molar-refractivity contribution >= 4 is 10.0 Å². The van der Waals surface area contributed by atoms with Gasteiger partial charge in [-0.1, -0.05) is 0 Å². The van der Waals surface area contributed by atoms with Crippen LogP contribution in [0.3, 0.4) is 0 Å². The molecule has 0 spiro atoms. The van der Waals surface area contributed by atoms with Gasteiger partial charge in [0.05, 0.1) is 12.0 Å². The van der Waals surface area contributed by atoms with Crippen LogP contribution in [0.2, 0.25) is 0 Å². The van der Waals surface area contributed by atoms with Crippen molar-refractivity contribution in [3.63, 3.8) is 0 Å². The van der Waals surface area contributed by atoms with Gasteiger partial charge >= 0.3 is 0 Å². The number of nitrogens with one attached hydrogen (secondary N) is 1. The first-order valence-corrected chi connectivity index (χ1v) is 7.08. The SMILES string of the molecule is NS(=O)(=O)CCNC1CCCc2occc21. The van der Waals surface area contributed by atoms with E-state index in [-0.39, 0.29) is 11.8 Å². The lowest BCUT2D eigenvalue weighted by Gasteiger charge is -2.22. The molecule has 1 aromatic heterocycles. The summed E-state index contributed by atoms with van der Waals surface area (Å²) in [5.41, 5.74) is 1.15. The van der Waals surface area contributed by atoms with Crippen molar-refractivity contribution in [1.29, 1.82) is 0 Å². The van der Waals surface area contributed by atoms with E-state index < -0.39 is 10.0 Å². The molecule has 0 aliphatic heterocycles. The van der Waals surface area contributed by atoms with Gasteiger partial charge in [0.2, 0.25) is 10.0 Å². The largest absolute Gasteiger partial charge is 0.469 e. The third-order valence-corrected chi connectivity index (χ3v) is 3.60. The Morgan fingerprint density at radius 3 is 3.12 bits per heavy atom. The summed E-state index contributed by atoms with van der Waals surface area (Å²) in [5.74, 6) is 0.982. The summed E-state index contributed by atoms with van der Waals surface area (Å²) in [4.78, 5) is 0. The number of rotatable bonds is 4. The van der Waals surface area contributed by atoms with E-state index in [1.807, 2.05) is 6.07 Å². The Bertz CT molecular complexity index is 452. The standard InChI is InChI=1S/C10H16N2O3S/c11-16(13,14)7-5-12-9-2-1-3-10-8(9)4-6-15-10/h4,6,9,12H,1-3,5,7H2,(H2,11,13,14). The average Bonchev–Trinajstić information content (AvgIpc) is 2.64. The Balaban J connectivity index is 1.93. The van der Waals surface area contributed by atoms with Gasteiger partial charge in [-0.3, -0.25) is 0 Å². The van der Waals surface area contributed by atoms with Gasteiger partial charge in [0.15, 0.2) is 0 Å². The van der Waals surface area contributed by atoms with Crippen LogP contribution in [0.5, 0.6) is 0 Å². The molecular formula is C10H16N2O3S. The fourth-order valence-corrected chi connectivity index (χ4v) is 2.48. The van der Waals surface area contributed by atoms with Crippen LogP contribution in [0.15, 0.2) is 16.7 Å². The molecular weight excluding hydrogens is 228 g/mol. The monoisotopic (exact) mass is 244 g/mol. The number of nitrogens with two attached hydrogens (primary N) is 1. The zero-order chi connectivity index (χ0) is 11.6. The van der Waals surface area contributed by atoms with E-state index in [1.165, 1.54) is 0 Å². The van der Waals surface area contributed by atoms with Gasteiger partial charge in [-0.05, 0) is 18.9 Å². The quantitative estimate of drug-likeness (QED) is 0.809. The minimum Gasteiger partial charge on any atom is -0.469 e. The van der Waals surface area contributed by atoms with Crippen LogP contribution in [-0.2, 0) is 16.4 Å². The number of hydrogen-bond donors (Lipinski definition) is 2. The summed E-state index contributed by atoms with van der Waals surface area (Å²) in [7, 11) is -3.37. The maximum atomic E-state index is 10.8. The van der Waals surface area contributed by atoms with E-state index in [1.54, 1.807) is 6.26 Å². The lowest BCUT2D eigenvalue weighted by molar-refractivity contribution is 0.417. The molecule has 0 saturated carbocycles. The van der Waals surface area contributed by atoms with Crippen LogP contribution in [0.4, 0.5) is 0 Å². The highest BCUT2D eigenvalue weighted by Crippen LogP contribution is 2.30. The third-order valence-electron chi connectivity index (χ3n) is 2.83. The highest BCUT2D eigenvalue weighted by Gasteiger charge is 2.22. The fraction of sp³-hybridized carbons (Fsp3) is 0.600. The molecule has 6 heteroatoms. The normalized spacial score (nSPS) is 20.7. The number of furan rings is 1. The summed E-state index contributed by atoms with van der Waals surface area (Å²) >= 11 is 0.